The first kappa shape index (κ1) is 22.1. The summed E-state index contributed by atoms with van der Waals surface area (Å²) in [5, 5.41) is 2.88. The molecule has 30 heavy (non-hydrogen) atoms. The number of carbonyl (C=O) groups is 2. The van der Waals surface area contributed by atoms with E-state index in [1.165, 1.54) is 11.8 Å². The monoisotopic (exact) mass is 440 g/mol. The zero-order chi connectivity index (χ0) is 21.3. The minimum Gasteiger partial charge on any atom is -0.496 e. The Balaban J connectivity index is 1.44. The predicted octanol–water partition coefficient (Wildman–Crippen LogP) is 5.10. The molecule has 1 N–H and O–H groups in total. The van der Waals surface area contributed by atoms with E-state index in [0.717, 1.165) is 36.3 Å². The topological polar surface area (TPSA) is 58.6 Å². The summed E-state index contributed by atoms with van der Waals surface area (Å²) in [6.45, 7) is 0.564. The van der Waals surface area contributed by atoms with Gasteiger partial charge in [-0.25, -0.2) is 0 Å². The number of methoxy groups -OCH3 is 1. The summed E-state index contributed by atoms with van der Waals surface area (Å²) in [6, 6.07) is 17.0. The Kier molecular flexibility index (Phi) is 8.04. The van der Waals surface area contributed by atoms with Crippen LogP contribution in [0.2, 0.25) is 0 Å². The number of para-hydroxylation sites is 2. The maximum Gasteiger partial charge on any atom is 0.266 e. The minimum atomic E-state index is -0.0715. The van der Waals surface area contributed by atoms with Gasteiger partial charge in [-0.15, -0.1) is 0 Å². The first-order chi connectivity index (χ1) is 14.6. The number of rotatable bonds is 9. The van der Waals surface area contributed by atoms with Crippen LogP contribution in [0.1, 0.15) is 31.2 Å². The molecule has 3 rings (SSSR count). The molecule has 0 radical (unpaired) electrons. The molecule has 1 aliphatic rings. The molecule has 1 aliphatic heterocycles. The van der Waals surface area contributed by atoms with Crippen LogP contribution in [0.5, 0.6) is 5.75 Å². The first-order valence-corrected chi connectivity index (χ1v) is 11.0. The van der Waals surface area contributed by atoms with Gasteiger partial charge in [0.05, 0.1) is 12.0 Å². The maximum atomic E-state index is 12.7. The van der Waals surface area contributed by atoms with Crippen LogP contribution >= 0.6 is 24.0 Å². The van der Waals surface area contributed by atoms with E-state index in [2.05, 4.69) is 5.32 Å². The third kappa shape index (κ3) is 5.93. The number of carbonyl (C=O) groups excluding carboxylic acids is 2. The maximum absolute atomic E-state index is 12.7. The Morgan fingerprint density at radius 1 is 1.10 bits per heavy atom. The molecule has 2 aromatic rings. The third-order valence-electron chi connectivity index (χ3n) is 4.64. The molecule has 1 saturated heterocycles. The van der Waals surface area contributed by atoms with E-state index in [1.54, 1.807) is 12.0 Å². The molecule has 0 aliphatic carbocycles. The Labute approximate surface area is 186 Å². The van der Waals surface area contributed by atoms with Crippen LogP contribution < -0.4 is 10.1 Å². The van der Waals surface area contributed by atoms with Crippen molar-refractivity contribution in [1.82, 2.24) is 4.90 Å². The van der Waals surface area contributed by atoms with Crippen LogP contribution in [0.4, 0.5) is 5.69 Å². The smallest absolute Gasteiger partial charge is 0.266 e. The second-order valence-electron chi connectivity index (χ2n) is 6.80. The second-order valence-corrected chi connectivity index (χ2v) is 8.48. The average Bonchev–Trinajstić information content (AvgIpc) is 3.02. The van der Waals surface area contributed by atoms with E-state index in [9.17, 15) is 9.59 Å². The minimum absolute atomic E-state index is 0.00607. The van der Waals surface area contributed by atoms with Crippen LogP contribution in [-0.4, -0.2) is 34.7 Å². The highest BCUT2D eigenvalue weighted by molar-refractivity contribution is 8.26. The summed E-state index contributed by atoms with van der Waals surface area (Å²) < 4.78 is 5.92. The Bertz CT molecular complexity index is 944. The highest BCUT2D eigenvalue weighted by atomic mass is 32.2. The molecule has 156 valence electrons. The van der Waals surface area contributed by atoms with Crippen LogP contribution in [0.15, 0.2) is 59.5 Å². The van der Waals surface area contributed by atoms with E-state index < -0.39 is 0 Å². The molecule has 5 nitrogen and oxygen atoms in total. The SMILES string of the molecule is COc1ccccc1/C=C1\SC(=S)N(CCCCCC(=O)Nc2ccccc2)C1=O. The molecule has 1 heterocycles. The van der Waals surface area contributed by atoms with Gasteiger partial charge in [0.25, 0.3) is 5.91 Å². The van der Waals surface area contributed by atoms with Gasteiger partial charge in [0, 0.05) is 24.2 Å². The average molecular weight is 441 g/mol. The fraction of sp³-hybridized carbons (Fsp3) is 0.261. The molecule has 7 heteroatoms. The number of amides is 2. The zero-order valence-electron chi connectivity index (χ0n) is 16.8. The number of benzene rings is 2. The van der Waals surface area contributed by atoms with E-state index in [0.29, 0.717) is 22.2 Å². The van der Waals surface area contributed by atoms with E-state index >= 15 is 0 Å². The molecule has 2 aromatic carbocycles. The predicted molar refractivity (Wildman–Crippen MR) is 126 cm³/mol. The second kappa shape index (κ2) is 10.9. The highest BCUT2D eigenvalue weighted by Crippen LogP contribution is 2.34. The van der Waals surface area contributed by atoms with Gasteiger partial charge in [-0.1, -0.05) is 66.8 Å². The van der Waals surface area contributed by atoms with Crippen molar-refractivity contribution in [1.29, 1.82) is 0 Å². The Morgan fingerprint density at radius 3 is 2.60 bits per heavy atom. The number of thioether (sulfide) groups is 1. The van der Waals surface area contributed by atoms with Crippen molar-refractivity contribution in [3.05, 3.63) is 65.1 Å². The van der Waals surface area contributed by atoms with Gasteiger partial charge in [-0.2, -0.15) is 0 Å². The van der Waals surface area contributed by atoms with Crippen molar-refractivity contribution >= 4 is 51.9 Å². The fourth-order valence-electron chi connectivity index (χ4n) is 3.10. The number of thiocarbonyl (C=S) groups is 1. The first-order valence-electron chi connectivity index (χ1n) is 9.82. The van der Waals surface area contributed by atoms with Crippen molar-refractivity contribution in [3.8, 4) is 5.75 Å². The van der Waals surface area contributed by atoms with Crippen molar-refractivity contribution < 1.29 is 14.3 Å². The zero-order valence-corrected chi connectivity index (χ0v) is 18.4. The molecule has 0 unspecified atom stereocenters. The van der Waals surface area contributed by atoms with E-state index in [-0.39, 0.29) is 11.8 Å². The number of nitrogens with one attached hydrogen (secondary N) is 1. The number of hydrogen-bond donors (Lipinski definition) is 1. The number of nitrogens with zero attached hydrogens (tertiary/aromatic N) is 1. The van der Waals surface area contributed by atoms with Crippen LogP contribution in [-0.2, 0) is 9.59 Å². The van der Waals surface area contributed by atoms with Crippen LogP contribution in [0.25, 0.3) is 6.08 Å². The van der Waals surface area contributed by atoms with Crippen molar-refractivity contribution in [3.63, 3.8) is 0 Å². The van der Waals surface area contributed by atoms with Gasteiger partial charge in [-0.05, 0) is 37.1 Å². The molecule has 0 aromatic heterocycles. The molecule has 1 fully saturated rings. The van der Waals surface area contributed by atoms with Gasteiger partial charge >= 0.3 is 0 Å². The lowest BCUT2D eigenvalue weighted by molar-refractivity contribution is -0.122. The van der Waals surface area contributed by atoms with Gasteiger partial charge in [0.15, 0.2) is 0 Å². The lowest BCUT2D eigenvalue weighted by Crippen LogP contribution is -2.29. The fourth-order valence-corrected chi connectivity index (χ4v) is 4.40. The summed E-state index contributed by atoms with van der Waals surface area (Å²) in [7, 11) is 1.61. The number of anilines is 1. The van der Waals surface area contributed by atoms with E-state index in [1.807, 2.05) is 60.7 Å². The van der Waals surface area contributed by atoms with Gasteiger partial charge in [0.2, 0.25) is 5.91 Å². The Hall–Kier alpha value is -2.64. The number of unbranched alkanes of at least 4 members (excludes halogenated alkanes) is 2. The molecular formula is C23H24N2O3S2. The van der Waals surface area contributed by atoms with Gasteiger partial charge in [0.1, 0.15) is 10.1 Å². The molecule has 0 atom stereocenters. The Morgan fingerprint density at radius 2 is 1.83 bits per heavy atom. The lowest BCUT2D eigenvalue weighted by Gasteiger charge is -2.14. The summed E-state index contributed by atoms with van der Waals surface area (Å²) in [5.74, 6) is 0.654. The standard InChI is InChI=1S/C23H24N2O3S2/c1-28-19-13-8-7-10-17(19)16-20-22(27)25(23(29)30-20)15-9-3-6-14-21(26)24-18-11-4-2-5-12-18/h2,4-5,7-8,10-13,16H,3,6,9,14-15H2,1H3,(H,24,26)/b20-16-. The molecular weight excluding hydrogens is 416 g/mol. The summed E-state index contributed by atoms with van der Waals surface area (Å²) in [6.07, 6.45) is 4.70. The third-order valence-corrected chi connectivity index (χ3v) is 6.02. The van der Waals surface area contributed by atoms with E-state index in [4.69, 9.17) is 17.0 Å². The molecule has 0 saturated carbocycles. The summed E-state index contributed by atoms with van der Waals surface area (Å²) in [5.41, 5.74) is 1.66. The van der Waals surface area contributed by atoms with Gasteiger partial charge < -0.3 is 10.1 Å². The lowest BCUT2D eigenvalue weighted by atomic mass is 10.1. The number of hydrogen-bond acceptors (Lipinski definition) is 5. The van der Waals surface area contributed by atoms with Crippen molar-refractivity contribution in [2.75, 3.05) is 19.0 Å². The normalized spacial score (nSPS) is 15.0. The summed E-state index contributed by atoms with van der Waals surface area (Å²) >= 11 is 6.71. The van der Waals surface area contributed by atoms with Crippen LogP contribution in [0.3, 0.4) is 0 Å². The molecule has 0 spiro atoms. The number of ether oxygens (including phenoxy) is 1. The summed E-state index contributed by atoms with van der Waals surface area (Å²) in [4.78, 5) is 27.0. The highest BCUT2D eigenvalue weighted by Gasteiger charge is 2.31. The molecule has 0 bridgehead atoms. The van der Waals surface area contributed by atoms with Crippen molar-refractivity contribution in [2.45, 2.75) is 25.7 Å². The van der Waals surface area contributed by atoms with Crippen molar-refractivity contribution in [2.24, 2.45) is 0 Å². The van der Waals surface area contributed by atoms with Crippen LogP contribution in [0, 0.1) is 0 Å². The van der Waals surface area contributed by atoms with Gasteiger partial charge in [-0.3, -0.25) is 14.5 Å². The molecule has 2 amide bonds. The largest absolute Gasteiger partial charge is 0.496 e. The quantitative estimate of drug-likeness (QED) is 0.334.